The first-order valence-corrected chi connectivity index (χ1v) is 13.1. The van der Waals surface area contributed by atoms with Gasteiger partial charge in [0.15, 0.2) is 17.0 Å². The summed E-state index contributed by atoms with van der Waals surface area (Å²) in [6.45, 7) is 10.3. The van der Waals surface area contributed by atoms with Gasteiger partial charge in [0.05, 0.1) is 12.9 Å². The average molecular weight is 479 g/mol. The van der Waals surface area contributed by atoms with Crippen molar-refractivity contribution in [3.05, 3.63) is 36.4 Å². The molecular formula is C26H38N8O. The number of piperidine rings is 2. The summed E-state index contributed by atoms with van der Waals surface area (Å²) in [7, 11) is 0. The van der Waals surface area contributed by atoms with E-state index in [2.05, 4.69) is 43.5 Å². The molecule has 0 aliphatic carbocycles. The Kier molecular flexibility index (Phi) is 7.43. The summed E-state index contributed by atoms with van der Waals surface area (Å²) < 4.78 is 2.13. The molecule has 2 N–H and O–H groups in total. The van der Waals surface area contributed by atoms with Crippen LogP contribution < -0.4 is 10.2 Å². The lowest BCUT2D eigenvalue weighted by atomic mass is 9.79. The van der Waals surface area contributed by atoms with Crippen molar-refractivity contribution < 1.29 is 5.11 Å². The van der Waals surface area contributed by atoms with Gasteiger partial charge in [-0.05, 0) is 82.2 Å². The number of aliphatic hydroxyl groups excluding tert-OH is 1. The van der Waals surface area contributed by atoms with Crippen LogP contribution in [0.15, 0.2) is 30.9 Å². The number of nitrogens with zero attached hydrogens (tertiary/aromatic N) is 7. The number of hydrogen-bond donors (Lipinski definition) is 2. The van der Waals surface area contributed by atoms with Crippen LogP contribution in [0, 0.1) is 11.8 Å². The van der Waals surface area contributed by atoms with E-state index in [1.165, 1.54) is 25.7 Å². The number of likely N-dealkylation sites (tertiary alicyclic amines) is 1. The van der Waals surface area contributed by atoms with Gasteiger partial charge >= 0.3 is 0 Å². The minimum Gasteiger partial charge on any atom is -0.395 e. The monoisotopic (exact) mass is 478 g/mol. The van der Waals surface area contributed by atoms with Crippen LogP contribution >= 0.6 is 0 Å². The smallest absolute Gasteiger partial charge is 0.229 e. The van der Waals surface area contributed by atoms with E-state index in [4.69, 9.17) is 9.97 Å². The third-order valence-corrected chi connectivity index (χ3v) is 7.71. The fraction of sp³-hybridized carbons (Fsp3) is 0.615. The van der Waals surface area contributed by atoms with Crippen molar-refractivity contribution >= 4 is 22.9 Å². The second kappa shape index (κ2) is 10.9. The van der Waals surface area contributed by atoms with Gasteiger partial charge in [-0.25, -0.2) is 4.98 Å². The maximum Gasteiger partial charge on any atom is 0.229 e. The van der Waals surface area contributed by atoms with Crippen LogP contribution in [0.4, 0.5) is 11.8 Å². The summed E-state index contributed by atoms with van der Waals surface area (Å²) in [6.07, 6.45) is 10.4. The molecule has 0 radical (unpaired) electrons. The molecule has 0 unspecified atom stereocenters. The first kappa shape index (κ1) is 23.9. The van der Waals surface area contributed by atoms with E-state index < -0.39 is 0 Å². The summed E-state index contributed by atoms with van der Waals surface area (Å²) in [5.74, 6) is 3.17. The molecule has 2 saturated heterocycles. The van der Waals surface area contributed by atoms with Crippen molar-refractivity contribution in [3.63, 3.8) is 0 Å². The van der Waals surface area contributed by atoms with Crippen molar-refractivity contribution in [1.29, 1.82) is 0 Å². The third-order valence-electron chi connectivity index (χ3n) is 7.71. The number of rotatable bonds is 8. The first-order chi connectivity index (χ1) is 17.1. The number of imidazole rings is 1. The van der Waals surface area contributed by atoms with E-state index in [0.717, 1.165) is 73.1 Å². The number of aromatic nitrogens is 5. The van der Waals surface area contributed by atoms with Crippen molar-refractivity contribution in [2.24, 2.45) is 11.8 Å². The molecule has 0 atom stereocenters. The molecule has 5 heterocycles. The third kappa shape index (κ3) is 5.41. The zero-order chi connectivity index (χ0) is 24.2. The molecule has 9 heteroatoms. The molecule has 0 amide bonds. The predicted octanol–water partition coefficient (Wildman–Crippen LogP) is 3.34. The number of nitrogens with one attached hydrogen (secondary N) is 1. The number of β-amino-alcohol motifs (C(OH)–C–C–N with tert-alkyl or cyclic N) is 1. The largest absolute Gasteiger partial charge is 0.395 e. The number of anilines is 2. The Labute approximate surface area is 207 Å². The fourth-order valence-electron chi connectivity index (χ4n) is 5.59. The Morgan fingerprint density at radius 2 is 1.69 bits per heavy atom. The van der Waals surface area contributed by atoms with E-state index in [0.29, 0.717) is 6.54 Å². The van der Waals surface area contributed by atoms with Crippen molar-refractivity contribution in [2.75, 3.05) is 49.5 Å². The van der Waals surface area contributed by atoms with Gasteiger partial charge in [0, 0.05) is 44.6 Å². The molecule has 2 aliphatic rings. The molecule has 0 bridgehead atoms. The van der Waals surface area contributed by atoms with Crippen LogP contribution in [0.3, 0.4) is 0 Å². The van der Waals surface area contributed by atoms with E-state index in [-0.39, 0.29) is 12.6 Å². The first-order valence-electron chi connectivity index (χ1n) is 13.1. The van der Waals surface area contributed by atoms with Crippen molar-refractivity contribution in [1.82, 2.24) is 29.4 Å². The number of pyridine rings is 1. The molecule has 3 aromatic heterocycles. The summed E-state index contributed by atoms with van der Waals surface area (Å²) in [6, 6.07) is 4.30. The predicted molar refractivity (Wildman–Crippen MR) is 138 cm³/mol. The standard InChI is InChI=1S/C26H38N8O/c1-19(2)34-18-29-23-24(28-17-20-3-9-27-10-4-20)30-26(31-25(23)34)33-13-7-22(8-14-33)21-5-11-32(12-6-21)15-16-35/h3-4,9-10,18-19,21-22,35H,5-8,11-17H2,1-2H3,(H,28,30,31). The topological polar surface area (TPSA) is 95.2 Å². The van der Waals surface area contributed by atoms with E-state index in [1.807, 2.05) is 30.9 Å². The molecule has 3 aromatic rings. The van der Waals surface area contributed by atoms with Gasteiger partial charge in [0.2, 0.25) is 5.95 Å². The van der Waals surface area contributed by atoms with Crippen LogP contribution in [0.25, 0.3) is 11.2 Å². The lowest BCUT2D eigenvalue weighted by Crippen LogP contribution is -2.42. The molecule has 5 rings (SSSR count). The van der Waals surface area contributed by atoms with Gasteiger partial charge in [-0.3, -0.25) is 4.98 Å². The lowest BCUT2D eigenvalue weighted by Gasteiger charge is -2.40. The second-order valence-corrected chi connectivity index (χ2v) is 10.2. The van der Waals surface area contributed by atoms with Crippen LogP contribution in [0.2, 0.25) is 0 Å². The summed E-state index contributed by atoms with van der Waals surface area (Å²) in [5.41, 5.74) is 2.86. The van der Waals surface area contributed by atoms with Crippen LogP contribution in [0.5, 0.6) is 0 Å². The van der Waals surface area contributed by atoms with Crippen LogP contribution in [-0.2, 0) is 6.54 Å². The van der Waals surface area contributed by atoms with Crippen molar-refractivity contribution in [2.45, 2.75) is 52.1 Å². The average Bonchev–Trinajstić information content (AvgIpc) is 3.33. The maximum absolute atomic E-state index is 9.21. The Morgan fingerprint density at radius 1 is 1.00 bits per heavy atom. The quantitative estimate of drug-likeness (QED) is 0.509. The zero-order valence-corrected chi connectivity index (χ0v) is 21.0. The van der Waals surface area contributed by atoms with Crippen LogP contribution in [-0.4, -0.2) is 73.8 Å². The zero-order valence-electron chi connectivity index (χ0n) is 21.0. The highest BCUT2D eigenvalue weighted by Gasteiger charge is 2.30. The van der Waals surface area contributed by atoms with Gasteiger partial charge in [-0.15, -0.1) is 0 Å². The molecule has 188 valence electrons. The van der Waals surface area contributed by atoms with Gasteiger partial charge in [0.25, 0.3) is 0 Å². The van der Waals surface area contributed by atoms with E-state index >= 15 is 0 Å². The van der Waals surface area contributed by atoms with Gasteiger partial charge in [-0.1, -0.05) is 0 Å². The van der Waals surface area contributed by atoms with E-state index in [1.54, 1.807) is 0 Å². The van der Waals surface area contributed by atoms with Gasteiger partial charge in [-0.2, -0.15) is 9.97 Å². The number of aliphatic hydroxyl groups is 1. The molecule has 35 heavy (non-hydrogen) atoms. The Bertz CT molecular complexity index is 1090. The van der Waals surface area contributed by atoms with Gasteiger partial charge < -0.3 is 24.8 Å². The lowest BCUT2D eigenvalue weighted by molar-refractivity contribution is 0.115. The Hall–Kier alpha value is -2.78. The highest BCUT2D eigenvalue weighted by Crippen LogP contribution is 2.34. The SMILES string of the molecule is CC(C)n1cnc2c(NCc3ccncc3)nc(N3CCC(C4CCN(CCO)CC4)CC3)nc21. The molecule has 0 saturated carbocycles. The summed E-state index contributed by atoms with van der Waals surface area (Å²) in [4.78, 5) is 23.5. The summed E-state index contributed by atoms with van der Waals surface area (Å²) in [5, 5.41) is 12.7. The normalized spacial score (nSPS) is 18.6. The molecule has 2 fully saturated rings. The maximum atomic E-state index is 9.21. The number of fused-ring (bicyclic) bond motifs is 1. The Morgan fingerprint density at radius 3 is 2.34 bits per heavy atom. The Balaban J connectivity index is 1.30. The van der Waals surface area contributed by atoms with E-state index in [9.17, 15) is 5.11 Å². The highest BCUT2D eigenvalue weighted by atomic mass is 16.3. The molecule has 2 aliphatic heterocycles. The number of hydrogen-bond acceptors (Lipinski definition) is 8. The minimum atomic E-state index is 0.266. The summed E-state index contributed by atoms with van der Waals surface area (Å²) >= 11 is 0. The minimum absolute atomic E-state index is 0.266. The molecule has 0 aromatic carbocycles. The molecule has 9 nitrogen and oxygen atoms in total. The fourth-order valence-corrected chi connectivity index (χ4v) is 5.59. The second-order valence-electron chi connectivity index (χ2n) is 10.2. The highest BCUT2D eigenvalue weighted by molar-refractivity contribution is 5.84. The van der Waals surface area contributed by atoms with Crippen molar-refractivity contribution in [3.8, 4) is 0 Å². The van der Waals surface area contributed by atoms with Gasteiger partial charge in [0.1, 0.15) is 0 Å². The van der Waals surface area contributed by atoms with Crippen LogP contribution in [0.1, 0.15) is 51.1 Å². The molecule has 0 spiro atoms. The molecular weight excluding hydrogens is 440 g/mol.